The number of alkyl halides is 1. The Labute approximate surface area is 101 Å². The molecule has 1 saturated carbocycles. The molecule has 0 amide bonds. The molecule has 0 saturated heterocycles. The van der Waals surface area contributed by atoms with Crippen LogP contribution in [0, 0.1) is 5.41 Å². The van der Waals surface area contributed by atoms with Gasteiger partial charge in [0.05, 0.1) is 5.60 Å². The summed E-state index contributed by atoms with van der Waals surface area (Å²) in [4.78, 5) is 0. The Balaban J connectivity index is 2.51. The normalized spacial score (nSPS) is 23.8. The van der Waals surface area contributed by atoms with Gasteiger partial charge in [-0.25, -0.2) is 0 Å². The van der Waals surface area contributed by atoms with E-state index >= 15 is 0 Å². The minimum Gasteiger partial charge on any atom is -0.367 e. The van der Waals surface area contributed by atoms with E-state index in [1.807, 2.05) is 13.8 Å². The first-order chi connectivity index (χ1) is 6.40. The number of halogens is 1. The largest absolute Gasteiger partial charge is 0.367 e. The standard InChI is InChI=1S/C11H21IO2/c1-10(2,8-12)9(13)14-11(3)6-4-5-7-11/h9,13H,4-8H2,1-3H3. The van der Waals surface area contributed by atoms with Crippen LogP contribution >= 0.6 is 22.6 Å². The van der Waals surface area contributed by atoms with E-state index < -0.39 is 6.29 Å². The monoisotopic (exact) mass is 312 g/mol. The van der Waals surface area contributed by atoms with Crippen LogP contribution in [0.2, 0.25) is 0 Å². The van der Waals surface area contributed by atoms with Crippen molar-refractivity contribution in [3.05, 3.63) is 0 Å². The lowest BCUT2D eigenvalue weighted by molar-refractivity contribution is -0.218. The summed E-state index contributed by atoms with van der Waals surface area (Å²) in [6.07, 6.45) is 3.99. The molecule has 0 heterocycles. The maximum absolute atomic E-state index is 9.98. The number of ether oxygens (including phenoxy) is 1. The zero-order chi connectivity index (χ0) is 10.8. The van der Waals surface area contributed by atoms with E-state index in [2.05, 4.69) is 29.5 Å². The first-order valence-electron chi connectivity index (χ1n) is 5.31. The second-order valence-electron chi connectivity index (χ2n) is 5.25. The SMILES string of the molecule is CC1(OC(O)C(C)(C)CI)CCCC1. The van der Waals surface area contributed by atoms with Crippen molar-refractivity contribution in [3.8, 4) is 0 Å². The van der Waals surface area contributed by atoms with Gasteiger partial charge in [-0.1, -0.05) is 49.3 Å². The third-order valence-corrected chi connectivity index (χ3v) is 5.04. The fourth-order valence-corrected chi connectivity index (χ4v) is 2.11. The molecule has 1 atom stereocenters. The van der Waals surface area contributed by atoms with Crippen molar-refractivity contribution in [1.29, 1.82) is 0 Å². The van der Waals surface area contributed by atoms with Crippen LogP contribution in [0.1, 0.15) is 46.5 Å². The van der Waals surface area contributed by atoms with Crippen LogP contribution < -0.4 is 0 Å². The Morgan fingerprint density at radius 1 is 1.43 bits per heavy atom. The highest BCUT2D eigenvalue weighted by atomic mass is 127. The number of aliphatic hydroxyl groups is 1. The molecule has 14 heavy (non-hydrogen) atoms. The second kappa shape index (κ2) is 4.66. The van der Waals surface area contributed by atoms with Crippen LogP contribution in [-0.2, 0) is 4.74 Å². The van der Waals surface area contributed by atoms with E-state index in [1.54, 1.807) is 0 Å². The Hall–Kier alpha value is 0.650. The van der Waals surface area contributed by atoms with Crippen LogP contribution in [0.15, 0.2) is 0 Å². The molecule has 84 valence electrons. The molecule has 0 aromatic rings. The number of hydrogen-bond donors (Lipinski definition) is 1. The smallest absolute Gasteiger partial charge is 0.161 e. The molecule has 1 aliphatic rings. The van der Waals surface area contributed by atoms with Crippen molar-refractivity contribution in [1.82, 2.24) is 0 Å². The summed E-state index contributed by atoms with van der Waals surface area (Å²) in [7, 11) is 0. The van der Waals surface area contributed by atoms with E-state index in [0.717, 1.165) is 17.3 Å². The Morgan fingerprint density at radius 3 is 2.36 bits per heavy atom. The molecule has 0 aromatic heterocycles. The summed E-state index contributed by atoms with van der Waals surface area (Å²) in [5.41, 5.74) is -0.228. The van der Waals surface area contributed by atoms with Crippen LogP contribution in [0.5, 0.6) is 0 Å². The number of rotatable bonds is 4. The third-order valence-electron chi connectivity index (χ3n) is 3.07. The number of hydrogen-bond acceptors (Lipinski definition) is 2. The maximum atomic E-state index is 9.98. The first kappa shape index (κ1) is 12.7. The predicted octanol–water partition coefficient (Wildman–Crippen LogP) is 3.12. The molecule has 0 radical (unpaired) electrons. The molecular weight excluding hydrogens is 291 g/mol. The lowest BCUT2D eigenvalue weighted by Crippen LogP contribution is -2.40. The summed E-state index contributed by atoms with van der Waals surface area (Å²) in [6, 6.07) is 0. The van der Waals surface area contributed by atoms with Gasteiger partial charge in [-0.05, 0) is 19.8 Å². The molecular formula is C11H21IO2. The van der Waals surface area contributed by atoms with Gasteiger partial charge in [0, 0.05) is 9.84 Å². The second-order valence-corrected chi connectivity index (χ2v) is 6.01. The van der Waals surface area contributed by atoms with Crippen molar-refractivity contribution in [2.75, 3.05) is 4.43 Å². The van der Waals surface area contributed by atoms with Crippen molar-refractivity contribution in [2.24, 2.45) is 5.41 Å². The number of aliphatic hydroxyl groups excluding tert-OH is 1. The van der Waals surface area contributed by atoms with E-state index in [0.29, 0.717) is 0 Å². The van der Waals surface area contributed by atoms with Gasteiger partial charge < -0.3 is 9.84 Å². The quantitative estimate of drug-likeness (QED) is 0.491. The Morgan fingerprint density at radius 2 is 1.93 bits per heavy atom. The minimum atomic E-state index is -0.637. The van der Waals surface area contributed by atoms with Crippen LogP contribution in [-0.4, -0.2) is 21.4 Å². The molecule has 0 spiro atoms. The van der Waals surface area contributed by atoms with Gasteiger partial charge in [0.25, 0.3) is 0 Å². The van der Waals surface area contributed by atoms with Crippen molar-refractivity contribution < 1.29 is 9.84 Å². The minimum absolute atomic E-state index is 0.0809. The van der Waals surface area contributed by atoms with Gasteiger partial charge in [0.2, 0.25) is 0 Å². The fourth-order valence-electron chi connectivity index (χ4n) is 1.74. The average Bonchev–Trinajstić information content (AvgIpc) is 2.52. The van der Waals surface area contributed by atoms with E-state index in [4.69, 9.17) is 4.74 Å². The molecule has 1 fully saturated rings. The molecule has 0 aliphatic heterocycles. The van der Waals surface area contributed by atoms with Crippen LogP contribution in [0.3, 0.4) is 0 Å². The van der Waals surface area contributed by atoms with Crippen molar-refractivity contribution in [3.63, 3.8) is 0 Å². The van der Waals surface area contributed by atoms with Crippen molar-refractivity contribution in [2.45, 2.75) is 58.3 Å². The highest BCUT2D eigenvalue weighted by Gasteiger charge is 2.37. The fraction of sp³-hybridized carbons (Fsp3) is 1.00. The molecule has 1 N–H and O–H groups in total. The zero-order valence-electron chi connectivity index (χ0n) is 9.35. The summed E-state index contributed by atoms with van der Waals surface area (Å²) in [5.74, 6) is 0. The molecule has 1 unspecified atom stereocenters. The highest BCUT2D eigenvalue weighted by Crippen LogP contribution is 2.36. The average molecular weight is 312 g/mol. The lowest BCUT2D eigenvalue weighted by Gasteiger charge is -2.35. The van der Waals surface area contributed by atoms with Gasteiger partial charge in [-0.2, -0.15) is 0 Å². The molecule has 2 nitrogen and oxygen atoms in total. The maximum Gasteiger partial charge on any atom is 0.161 e. The van der Waals surface area contributed by atoms with E-state index in [9.17, 15) is 5.11 Å². The van der Waals surface area contributed by atoms with Gasteiger partial charge in [-0.3, -0.25) is 0 Å². The van der Waals surface area contributed by atoms with Gasteiger partial charge in [-0.15, -0.1) is 0 Å². The lowest BCUT2D eigenvalue weighted by atomic mass is 9.95. The third kappa shape index (κ3) is 3.07. The summed E-state index contributed by atoms with van der Waals surface area (Å²) < 4.78 is 6.71. The van der Waals surface area contributed by atoms with Crippen LogP contribution in [0.4, 0.5) is 0 Å². The molecule has 1 rings (SSSR count). The van der Waals surface area contributed by atoms with Gasteiger partial charge in [0.15, 0.2) is 6.29 Å². The van der Waals surface area contributed by atoms with Crippen molar-refractivity contribution >= 4 is 22.6 Å². The predicted molar refractivity (Wildman–Crippen MR) is 66.6 cm³/mol. The Kier molecular flexibility index (Phi) is 4.23. The Bertz CT molecular complexity index is 186. The summed E-state index contributed by atoms with van der Waals surface area (Å²) >= 11 is 2.30. The topological polar surface area (TPSA) is 29.5 Å². The first-order valence-corrected chi connectivity index (χ1v) is 6.84. The van der Waals surface area contributed by atoms with Gasteiger partial charge >= 0.3 is 0 Å². The zero-order valence-corrected chi connectivity index (χ0v) is 11.5. The molecule has 1 aliphatic carbocycles. The molecule has 0 aromatic carbocycles. The summed E-state index contributed by atoms with van der Waals surface area (Å²) in [6.45, 7) is 6.21. The van der Waals surface area contributed by atoms with Gasteiger partial charge in [0.1, 0.15) is 0 Å². The van der Waals surface area contributed by atoms with E-state index in [-0.39, 0.29) is 11.0 Å². The van der Waals surface area contributed by atoms with E-state index in [1.165, 1.54) is 12.8 Å². The summed E-state index contributed by atoms with van der Waals surface area (Å²) in [5, 5.41) is 9.98. The molecule has 0 bridgehead atoms. The van der Waals surface area contributed by atoms with Crippen LogP contribution in [0.25, 0.3) is 0 Å². The molecule has 3 heteroatoms. The highest BCUT2D eigenvalue weighted by molar-refractivity contribution is 14.1.